The number of aliphatic imine (C=N–C) groups is 1. The summed E-state index contributed by atoms with van der Waals surface area (Å²) in [5.41, 5.74) is 2.40. The Morgan fingerprint density at radius 1 is 1.33 bits per heavy atom. The van der Waals surface area contributed by atoms with Gasteiger partial charge in [0.1, 0.15) is 6.04 Å². The monoisotopic (exact) mass is 304 g/mol. The number of carbonyl (C=O) groups is 1. The highest BCUT2D eigenvalue weighted by Crippen LogP contribution is 2.32. The first kappa shape index (κ1) is 15.6. The van der Waals surface area contributed by atoms with E-state index in [4.69, 9.17) is 4.74 Å². The van der Waals surface area contributed by atoms with Crippen LogP contribution in [-0.2, 0) is 9.53 Å². The lowest BCUT2D eigenvalue weighted by atomic mass is 9.97. The minimum atomic E-state index is -0.305. The zero-order valence-electron chi connectivity index (χ0n) is 12.6. The first-order valence-electron chi connectivity index (χ1n) is 7.07. The molecule has 1 aliphatic rings. The number of ether oxygens (including phenoxy) is 1. The molecule has 0 spiro atoms. The van der Waals surface area contributed by atoms with Crippen molar-refractivity contribution in [3.8, 4) is 0 Å². The molecule has 4 nitrogen and oxygen atoms in total. The van der Waals surface area contributed by atoms with Gasteiger partial charge in [0.2, 0.25) is 0 Å². The van der Waals surface area contributed by atoms with Crippen molar-refractivity contribution in [3.05, 3.63) is 47.2 Å². The lowest BCUT2D eigenvalue weighted by molar-refractivity contribution is -0.138. The summed E-state index contributed by atoms with van der Waals surface area (Å²) in [6, 6.07) is 9.53. The number of esters is 1. The zero-order chi connectivity index (χ0) is 15.2. The Bertz CT molecular complexity index is 567. The molecular weight excluding hydrogens is 284 g/mol. The minimum Gasteiger partial charge on any atom is -0.463 e. The molecule has 0 fully saturated rings. The average Bonchev–Trinajstić information content (AvgIpc) is 2.48. The fourth-order valence-electron chi connectivity index (χ4n) is 2.21. The number of amidine groups is 1. The van der Waals surface area contributed by atoms with Crippen molar-refractivity contribution in [3.63, 3.8) is 0 Å². The van der Waals surface area contributed by atoms with E-state index in [1.165, 1.54) is 0 Å². The molecule has 21 heavy (non-hydrogen) atoms. The Balaban J connectivity index is 2.41. The second-order valence-corrected chi connectivity index (χ2v) is 5.82. The molecule has 1 atom stereocenters. The Hall–Kier alpha value is -1.75. The Morgan fingerprint density at radius 2 is 2.05 bits per heavy atom. The van der Waals surface area contributed by atoms with Gasteiger partial charge in [-0.25, -0.2) is 9.79 Å². The zero-order valence-corrected chi connectivity index (χ0v) is 13.4. The van der Waals surface area contributed by atoms with Crippen molar-refractivity contribution in [2.24, 2.45) is 4.99 Å². The van der Waals surface area contributed by atoms with Gasteiger partial charge in [0.05, 0.1) is 12.2 Å². The highest BCUT2D eigenvalue weighted by molar-refractivity contribution is 8.13. The normalized spacial score (nSPS) is 18.0. The molecule has 5 heteroatoms. The van der Waals surface area contributed by atoms with E-state index in [-0.39, 0.29) is 12.0 Å². The summed E-state index contributed by atoms with van der Waals surface area (Å²) in [6.45, 7) is 6.14. The van der Waals surface area contributed by atoms with Gasteiger partial charge < -0.3 is 10.1 Å². The summed E-state index contributed by atoms with van der Waals surface area (Å²) < 4.78 is 5.19. The molecule has 1 heterocycles. The molecule has 1 unspecified atom stereocenters. The van der Waals surface area contributed by atoms with Crippen molar-refractivity contribution < 1.29 is 9.53 Å². The fraction of sp³-hybridized carbons (Fsp3) is 0.375. The maximum atomic E-state index is 12.3. The van der Waals surface area contributed by atoms with Gasteiger partial charge in [-0.05, 0) is 25.2 Å². The van der Waals surface area contributed by atoms with Gasteiger partial charge in [-0.1, -0.05) is 49.0 Å². The minimum absolute atomic E-state index is 0.305. The molecule has 0 saturated carbocycles. The standard InChI is InChI=1S/C16H20N2O2S/c1-4-20-15(19)13-11(3)17-16(21-5-2)18-14(13)12-9-7-6-8-10-12/h6-10,14H,4-5H2,1-3H3,(H,17,18). The van der Waals surface area contributed by atoms with Crippen molar-refractivity contribution in [1.82, 2.24) is 5.32 Å². The van der Waals surface area contributed by atoms with Crippen molar-refractivity contribution in [2.45, 2.75) is 26.8 Å². The fourth-order valence-corrected chi connectivity index (χ4v) is 2.89. The highest BCUT2D eigenvalue weighted by Gasteiger charge is 2.29. The second kappa shape index (κ2) is 7.31. The van der Waals surface area contributed by atoms with Crippen molar-refractivity contribution >= 4 is 22.9 Å². The van der Waals surface area contributed by atoms with Gasteiger partial charge >= 0.3 is 5.97 Å². The average molecular weight is 304 g/mol. The molecule has 2 rings (SSSR count). The molecule has 0 aliphatic carbocycles. The van der Waals surface area contributed by atoms with Crippen LogP contribution in [0.4, 0.5) is 0 Å². The number of nitrogens with zero attached hydrogens (tertiary/aromatic N) is 1. The molecule has 0 amide bonds. The van der Waals surface area contributed by atoms with Gasteiger partial charge in [0.15, 0.2) is 5.17 Å². The number of allylic oxidation sites excluding steroid dienone is 1. The van der Waals surface area contributed by atoms with Gasteiger partial charge in [0, 0.05) is 5.70 Å². The SMILES string of the molecule is CCOC(=O)C1=C(C)NC(SCC)=NC1c1ccccc1. The summed E-state index contributed by atoms with van der Waals surface area (Å²) in [6.07, 6.45) is 0. The first-order valence-corrected chi connectivity index (χ1v) is 8.06. The molecule has 0 saturated heterocycles. The van der Waals surface area contributed by atoms with E-state index in [1.54, 1.807) is 11.8 Å². The third-order valence-electron chi connectivity index (χ3n) is 3.11. The van der Waals surface area contributed by atoms with Crippen LogP contribution in [0.1, 0.15) is 32.4 Å². The maximum Gasteiger partial charge on any atom is 0.338 e. The number of thioether (sulfide) groups is 1. The van der Waals surface area contributed by atoms with Crippen LogP contribution in [-0.4, -0.2) is 23.5 Å². The molecule has 0 radical (unpaired) electrons. The van der Waals surface area contributed by atoms with E-state index in [9.17, 15) is 4.79 Å². The van der Waals surface area contributed by atoms with Crippen molar-refractivity contribution in [1.29, 1.82) is 0 Å². The molecule has 1 aromatic rings. The lowest BCUT2D eigenvalue weighted by Gasteiger charge is -2.25. The summed E-state index contributed by atoms with van der Waals surface area (Å²) in [4.78, 5) is 16.9. The van der Waals surface area contributed by atoms with E-state index < -0.39 is 0 Å². The largest absolute Gasteiger partial charge is 0.463 e. The molecule has 1 N–H and O–H groups in total. The van der Waals surface area contributed by atoms with Crippen LogP contribution in [0.15, 0.2) is 46.6 Å². The highest BCUT2D eigenvalue weighted by atomic mass is 32.2. The quantitative estimate of drug-likeness (QED) is 0.867. The van der Waals surface area contributed by atoms with E-state index in [1.807, 2.05) is 44.2 Å². The summed E-state index contributed by atoms with van der Waals surface area (Å²) >= 11 is 1.63. The first-order chi connectivity index (χ1) is 10.2. The maximum absolute atomic E-state index is 12.3. The second-order valence-electron chi connectivity index (χ2n) is 4.56. The van der Waals surface area contributed by atoms with E-state index >= 15 is 0 Å². The van der Waals surface area contributed by atoms with Gasteiger partial charge in [-0.2, -0.15) is 0 Å². The number of benzene rings is 1. The summed E-state index contributed by atoms with van der Waals surface area (Å²) in [5, 5.41) is 4.04. The van der Waals surface area contributed by atoms with Crippen LogP contribution in [0.25, 0.3) is 0 Å². The molecule has 0 aromatic heterocycles. The van der Waals surface area contributed by atoms with Crippen LogP contribution in [0.5, 0.6) is 0 Å². The van der Waals surface area contributed by atoms with Crippen LogP contribution < -0.4 is 5.32 Å². The molecule has 1 aromatic carbocycles. The smallest absolute Gasteiger partial charge is 0.338 e. The predicted octanol–water partition coefficient (Wildman–Crippen LogP) is 3.28. The van der Waals surface area contributed by atoms with Gasteiger partial charge in [0.25, 0.3) is 0 Å². The number of carbonyl (C=O) groups excluding carboxylic acids is 1. The number of hydrogen-bond acceptors (Lipinski definition) is 5. The predicted molar refractivity (Wildman–Crippen MR) is 87.2 cm³/mol. The van der Waals surface area contributed by atoms with Crippen LogP contribution in [0, 0.1) is 0 Å². The number of nitrogens with one attached hydrogen (secondary N) is 1. The van der Waals surface area contributed by atoms with Gasteiger partial charge in [-0.3, -0.25) is 0 Å². The van der Waals surface area contributed by atoms with E-state index in [0.29, 0.717) is 12.2 Å². The number of rotatable bonds is 4. The molecular formula is C16H20N2O2S. The summed E-state index contributed by atoms with van der Waals surface area (Å²) in [7, 11) is 0. The Labute approximate surface area is 129 Å². The third-order valence-corrected chi connectivity index (χ3v) is 3.88. The molecule has 1 aliphatic heterocycles. The Kier molecular flexibility index (Phi) is 5.44. The topological polar surface area (TPSA) is 50.7 Å². The molecule has 112 valence electrons. The van der Waals surface area contributed by atoms with Crippen LogP contribution in [0.3, 0.4) is 0 Å². The molecule has 0 bridgehead atoms. The number of hydrogen-bond donors (Lipinski definition) is 1. The summed E-state index contributed by atoms with van der Waals surface area (Å²) in [5.74, 6) is 0.621. The Morgan fingerprint density at radius 3 is 2.67 bits per heavy atom. The van der Waals surface area contributed by atoms with E-state index in [0.717, 1.165) is 22.2 Å². The van der Waals surface area contributed by atoms with Crippen LogP contribution >= 0.6 is 11.8 Å². The lowest BCUT2D eigenvalue weighted by Crippen LogP contribution is -2.30. The van der Waals surface area contributed by atoms with Gasteiger partial charge in [-0.15, -0.1) is 0 Å². The third kappa shape index (κ3) is 3.67. The van der Waals surface area contributed by atoms with Crippen molar-refractivity contribution in [2.75, 3.05) is 12.4 Å². The van der Waals surface area contributed by atoms with Crippen LogP contribution in [0.2, 0.25) is 0 Å². The van der Waals surface area contributed by atoms with E-state index in [2.05, 4.69) is 17.2 Å².